The number of carbonyl (C=O) groups is 1. The molecule has 0 fully saturated rings. The number of benzene rings is 4. The molecule has 0 aliphatic rings. The number of hydrogen-bond donors (Lipinski definition) is 1. The fraction of sp³-hybridized carbons (Fsp3) is 0.0714. The second-order valence-electron chi connectivity index (χ2n) is 7.34. The molecular weight excluding hydrogens is 396 g/mol. The van der Waals surface area contributed by atoms with Gasteiger partial charge in [-0.2, -0.15) is 5.26 Å². The Morgan fingerprint density at radius 3 is 2.50 bits per heavy atom. The molecule has 156 valence electrons. The van der Waals surface area contributed by atoms with Crippen LogP contribution in [-0.2, 0) is 17.9 Å². The molecule has 0 saturated heterocycles. The Kier molecular flexibility index (Phi) is 6.60. The molecule has 4 aromatic carbocycles. The molecule has 0 radical (unpaired) electrons. The average Bonchev–Trinajstić information content (AvgIpc) is 2.85. The van der Waals surface area contributed by atoms with Crippen LogP contribution in [0.1, 0.15) is 16.7 Å². The van der Waals surface area contributed by atoms with E-state index >= 15 is 0 Å². The maximum absolute atomic E-state index is 12.4. The van der Waals surface area contributed by atoms with Gasteiger partial charge in [-0.25, -0.2) is 0 Å². The highest BCUT2D eigenvalue weighted by Gasteiger charge is 2.09. The largest absolute Gasteiger partial charge is 0.489 e. The first kappa shape index (κ1) is 20.9. The van der Waals surface area contributed by atoms with Crippen molar-refractivity contribution in [1.29, 1.82) is 5.26 Å². The van der Waals surface area contributed by atoms with Gasteiger partial charge in [0.15, 0.2) is 0 Å². The first-order chi connectivity index (χ1) is 15.7. The third-order valence-corrected chi connectivity index (χ3v) is 5.10. The summed E-state index contributed by atoms with van der Waals surface area (Å²) < 4.78 is 6.01. The monoisotopic (exact) mass is 418 g/mol. The second-order valence-corrected chi connectivity index (χ2v) is 7.34. The van der Waals surface area contributed by atoms with E-state index < -0.39 is 5.91 Å². The lowest BCUT2D eigenvalue weighted by molar-refractivity contribution is -0.117. The maximum Gasteiger partial charge on any atom is 0.262 e. The molecule has 0 atom stereocenters. The molecular formula is C28H22N2O2. The highest BCUT2D eigenvalue weighted by molar-refractivity contribution is 6.01. The lowest BCUT2D eigenvalue weighted by atomic mass is 10.1. The topological polar surface area (TPSA) is 62.1 Å². The highest BCUT2D eigenvalue weighted by Crippen LogP contribution is 2.22. The van der Waals surface area contributed by atoms with Crippen molar-refractivity contribution < 1.29 is 9.53 Å². The predicted molar refractivity (Wildman–Crippen MR) is 127 cm³/mol. The summed E-state index contributed by atoms with van der Waals surface area (Å²) in [6.45, 7) is 0.796. The van der Waals surface area contributed by atoms with Crippen molar-refractivity contribution in [1.82, 2.24) is 5.32 Å². The van der Waals surface area contributed by atoms with Gasteiger partial charge in [0, 0.05) is 6.54 Å². The fourth-order valence-electron chi connectivity index (χ4n) is 3.46. The molecule has 0 aromatic heterocycles. The Morgan fingerprint density at radius 1 is 0.906 bits per heavy atom. The number of carbonyl (C=O) groups excluding carboxylic acids is 1. The third-order valence-electron chi connectivity index (χ3n) is 5.10. The van der Waals surface area contributed by atoms with Gasteiger partial charge < -0.3 is 10.1 Å². The summed E-state index contributed by atoms with van der Waals surface area (Å²) in [7, 11) is 0. The molecule has 0 bridgehead atoms. The number of nitrogens with zero attached hydrogens (tertiary/aromatic N) is 1. The lowest BCUT2D eigenvalue weighted by Crippen LogP contribution is -2.23. The van der Waals surface area contributed by atoms with E-state index in [1.807, 2.05) is 78.9 Å². The standard InChI is InChI=1S/C28H22N2O2/c29-18-25(28(31)30-19-21-8-2-1-3-9-21)16-22-10-6-14-26(17-22)32-20-24-13-7-12-23-11-4-5-15-27(23)24/h1-17H,19-20H2,(H,30,31). The normalized spacial score (nSPS) is 11.0. The summed E-state index contributed by atoms with van der Waals surface area (Å²) in [6, 6.07) is 33.3. The number of nitriles is 1. The van der Waals surface area contributed by atoms with Crippen LogP contribution >= 0.6 is 0 Å². The number of ether oxygens (including phenoxy) is 1. The summed E-state index contributed by atoms with van der Waals surface area (Å²) in [4.78, 5) is 12.4. The van der Waals surface area contributed by atoms with E-state index in [1.165, 1.54) is 5.39 Å². The van der Waals surface area contributed by atoms with Gasteiger partial charge in [-0.3, -0.25) is 4.79 Å². The first-order valence-corrected chi connectivity index (χ1v) is 10.4. The quantitative estimate of drug-likeness (QED) is 0.312. The van der Waals surface area contributed by atoms with Crippen molar-refractivity contribution in [3.8, 4) is 11.8 Å². The predicted octanol–water partition coefficient (Wildman–Crippen LogP) is 5.64. The van der Waals surface area contributed by atoms with Crippen LogP contribution in [0.2, 0.25) is 0 Å². The fourth-order valence-corrected chi connectivity index (χ4v) is 3.46. The SMILES string of the molecule is N#CC(=Cc1cccc(OCc2cccc3ccccc23)c1)C(=O)NCc1ccccc1. The van der Waals surface area contributed by atoms with Gasteiger partial charge in [-0.15, -0.1) is 0 Å². The Balaban J connectivity index is 1.44. The Morgan fingerprint density at radius 2 is 1.66 bits per heavy atom. The number of hydrogen-bond acceptors (Lipinski definition) is 3. The van der Waals surface area contributed by atoms with E-state index in [2.05, 4.69) is 29.6 Å². The second kappa shape index (κ2) is 10.1. The minimum absolute atomic E-state index is 0.0483. The van der Waals surface area contributed by atoms with Crippen LogP contribution in [0.15, 0.2) is 103 Å². The van der Waals surface area contributed by atoms with Crippen LogP contribution in [0, 0.1) is 11.3 Å². The van der Waals surface area contributed by atoms with Gasteiger partial charge in [0.05, 0.1) is 0 Å². The van der Waals surface area contributed by atoms with Gasteiger partial charge in [-0.05, 0) is 45.7 Å². The van der Waals surface area contributed by atoms with Gasteiger partial charge >= 0.3 is 0 Å². The van der Waals surface area contributed by atoms with Crippen molar-refractivity contribution in [2.24, 2.45) is 0 Å². The van der Waals surface area contributed by atoms with Gasteiger partial charge in [0.25, 0.3) is 5.91 Å². The third kappa shape index (κ3) is 5.21. The molecule has 0 saturated carbocycles. The molecule has 1 amide bonds. The number of amides is 1. The zero-order chi connectivity index (χ0) is 22.2. The molecule has 0 heterocycles. The highest BCUT2D eigenvalue weighted by atomic mass is 16.5. The van der Waals surface area contributed by atoms with Crippen molar-refractivity contribution in [3.63, 3.8) is 0 Å². The minimum Gasteiger partial charge on any atom is -0.489 e. The van der Waals surface area contributed by atoms with Crippen molar-refractivity contribution in [2.75, 3.05) is 0 Å². The van der Waals surface area contributed by atoms with E-state index in [4.69, 9.17) is 4.74 Å². The number of fused-ring (bicyclic) bond motifs is 1. The van der Waals surface area contributed by atoms with Crippen LogP contribution in [-0.4, -0.2) is 5.91 Å². The molecule has 4 aromatic rings. The molecule has 32 heavy (non-hydrogen) atoms. The van der Waals surface area contributed by atoms with Crippen LogP contribution in [0.3, 0.4) is 0 Å². The molecule has 0 spiro atoms. The summed E-state index contributed by atoms with van der Waals surface area (Å²) >= 11 is 0. The lowest BCUT2D eigenvalue weighted by Gasteiger charge is -2.10. The number of nitrogens with one attached hydrogen (secondary N) is 1. The van der Waals surface area contributed by atoms with Crippen LogP contribution in [0.5, 0.6) is 5.75 Å². The smallest absolute Gasteiger partial charge is 0.262 e. The Hall–Kier alpha value is -4.36. The molecule has 0 aliphatic carbocycles. The molecule has 4 nitrogen and oxygen atoms in total. The van der Waals surface area contributed by atoms with Crippen LogP contribution in [0.25, 0.3) is 16.8 Å². The molecule has 4 rings (SSSR count). The van der Waals surface area contributed by atoms with Crippen molar-refractivity contribution >= 4 is 22.8 Å². The van der Waals surface area contributed by atoms with Gasteiger partial charge in [-0.1, -0.05) is 84.9 Å². The average molecular weight is 418 g/mol. The van der Waals surface area contributed by atoms with E-state index in [9.17, 15) is 10.1 Å². The van der Waals surface area contributed by atoms with Crippen LogP contribution in [0.4, 0.5) is 0 Å². The summed E-state index contributed by atoms with van der Waals surface area (Å²) in [5, 5.41) is 14.6. The van der Waals surface area contributed by atoms with Crippen molar-refractivity contribution in [2.45, 2.75) is 13.2 Å². The zero-order valence-corrected chi connectivity index (χ0v) is 17.5. The van der Waals surface area contributed by atoms with Crippen molar-refractivity contribution in [3.05, 3.63) is 119 Å². The summed E-state index contributed by atoms with van der Waals surface area (Å²) in [5.41, 5.74) is 2.85. The summed E-state index contributed by atoms with van der Waals surface area (Å²) in [6.07, 6.45) is 1.57. The molecule has 1 N–H and O–H groups in total. The number of rotatable bonds is 7. The molecule has 0 aliphatic heterocycles. The van der Waals surface area contributed by atoms with Crippen LogP contribution < -0.4 is 10.1 Å². The van der Waals surface area contributed by atoms with E-state index in [0.717, 1.165) is 22.1 Å². The maximum atomic E-state index is 12.4. The summed E-state index contributed by atoms with van der Waals surface area (Å²) in [5.74, 6) is 0.270. The first-order valence-electron chi connectivity index (χ1n) is 10.4. The molecule has 0 unspecified atom stereocenters. The van der Waals surface area contributed by atoms with E-state index in [1.54, 1.807) is 6.08 Å². The van der Waals surface area contributed by atoms with Gasteiger partial charge in [0.2, 0.25) is 0 Å². The molecule has 4 heteroatoms. The van der Waals surface area contributed by atoms with Gasteiger partial charge in [0.1, 0.15) is 24.0 Å². The Labute approximate surface area is 187 Å². The van der Waals surface area contributed by atoms with E-state index in [-0.39, 0.29) is 5.57 Å². The zero-order valence-electron chi connectivity index (χ0n) is 17.5. The van der Waals surface area contributed by atoms with E-state index in [0.29, 0.717) is 18.9 Å². The minimum atomic E-state index is -0.404. The Bertz CT molecular complexity index is 1300.